The van der Waals surface area contributed by atoms with Crippen molar-refractivity contribution in [2.24, 2.45) is 0 Å². The third-order valence-electron chi connectivity index (χ3n) is 5.53. The number of likely N-dealkylation sites (N-methyl/N-ethyl adjacent to an activating group) is 1. The Morgan fingerprint density at radius 3 is 2.27 bits per heavy atom. The Hall–Kier alpha value is -2.87. The van der Waals surface area contributed by atoms with E-state index in [4.69, 9.17) is 16.3 Å². The lowest BCUT2D eigenvalue weighted by molar-refractivity contribution is -0.118. The fourth-order valence-corrected chi connectivity index (χ4v) is 5.03. The van der Waals surface area contributed by atoms with Gasteiger partial charge in [-0.05, 0) is 60.9 Å². The fourth-order valence-electron chi connectivity index (χ4n) is 3.30. The molecule has 0 heterocycles. The smallest absolute Gasteiger partial charge is 0.243 e. The zero-order valence-electron chi connectivity index (χ0n) is 19.1. The minimum Gasteiger partial charge on any atom is -0.495 e. The summed E-state index contributed by atoms with van der Waals surface area (Å²) < 4.78 is 33.4. The number of halogens is 1. The Bertz CT molecular complexity index is 1250. The monoisotopic (exact) mass is 486 g/mol. The van der Waals surface area contributed by atoms with Gasteiger partial charge in [0.15, 0.2) is 0 Å². The average molecular weight is 487 g/mol. The topological polar surface area (TPSA) is 66.9 Å². The minimum atomic E-state index is -4.03. The first kappa shape index (κ1) is 24.8. The van der Waals surface area contributed by atoms with E-state index in [1.807, 2.05) is 62.4 Å². The maximum atomic E-state index is 13.5. The molecule has 6 nitrogen and oxygen atoms in total. The molecule has 8 heteroatoms. The lowest BCUT2D eigenvalue weighted by atomic mass is 10.1. The summed E-state index contributed by atoms with van der Waals surface area (Å²) in [5.74, 6) is 0.0214. The van der Waals surface area contributed by atoms with E-state index in [0.29, 0.717) is 11.4 Å². The van der Waals surface area contributed by atoms with E-state index >= 15 is 0 Å². The maximum absolute atomic E-state index is 13.5. The molecule has 1 amide bonds. The van der Waals surface area contributed by atoms with Gasteiger partial charge in [-0.15, -0.1) is 0 Å². The highest BCUT2D eigenvalue weighted by atomic mass is 35.5. The molecule has 0 saturated carbocycles. The van der Waals surface area contributed by atoms with E-state index in [2.05, 4.69) is 0 Å². The van der Waals surface area contributed by atoms with Crippen LogP contribution in [-0.2, 0) is 21.4 Å². The van der Waals surface area contributed by atoms with Crippen molar-refractivity contribution in [3.05, 3.63) is 88.4 Å². The van der Waals surface area contributed by atoms with Crippen LogP contribution >= 0.6 is 11.6 Å². The number of sulfonamides is 1. The summed E-state index contributed by atoms with van der Waals surface area (Å²) in [6.07, 6.45) is 0. The second-order valence-corrected chi connectivity index (χ2v) is 10.1. The molecule has 0 unspecified atom stereocenters. The summed E-state index contributed by atoms with van der Waals surface area (Å²) in [5.41, 5.74) is 3.63. The van der Waals surface area contributed by atoms with Crippen LogP contribution in [0.5, 0.6) is 5.75 Å². The number of rotatable bonds is 8. The number of aryl methyl sites for hydroxylation is 2. The molecule has 0 saturated heterocycles. The van der Waals surface area contributed by atoms with Crippen molar-refractivity contribution in [2.45, 2.75) is 25.3 Å². The van der Waals surface area contributed by atoms with Crippen LogP contribution in [0.15, 0.2) is 71.6 Å². The van der Waals surface area contributed by atoms with Gasteiger partial charge >= 0.3 is 0 Å². The van der Waals surface area contributed by atoms with E-state index in [1.54, 1.807) is 7.05 Å². The zero-order valence-corrected chi connectivity index (χ0v) is 20.7. The highest BCUT2D eigenvalue weighted by Gasteiger charge is 2.29. The molecule has 0 N–H and O–H groups in total. The number of benzene rings is 3. The van der Waals surface area contributed by atoms with E-state index in [-0.39, 0.29) is 28.9 Å². The number of carbonyl (C=O) groups is 1. The van der Waals surface area contributed by atoms with Gasteiger partial charge in [0.05, 0.1) is 23.6 Å². The lowest BCUT2D eigenvalue weighted by Gasteiger charge is -2.25. The van der Waals surface area contributed by atoms with Gasteiger partial charge in [0, 0.05) is 19.3 Å². The van der Waals surface area contributed by atoms with Crippen molar-refractivity contribution in [3.8, 4) is 5.75 Å². The van der Waals surface area contributed by atoms with Gasteiger partial charge in [0.2, 0.25) is 15.9 Å². The molecule has 0 aliphatic rings. The molecule has 3 aromatic carbocycles. The van der Waals surface area contributed by atoms with Gasteiger partial charge in [0.1, 0.15) is 5.75 Å². The van der Waals surface area contributed by atoms with Crippen LogP contribution in [0, 0.1) is 13.8 Å². The van der Waals surface area contributed by atoms with Crippen molar-refractivity contribution < 1.29 is 17.9 Å². The highest BCUT2D eigenvalue weighted by Crippen LogP contribution is 2.29. The summed E-state index contributed by atoms with van der Waals surface area (Å²) in [6, 6.07) is 19.1. The van der Waals surface area contributed by atoms with E-state index in [9.17, 15) is 13.2 Å². The molecule has 33 heavy (non-hydrogen) atoms. The second kappa shape index (κ2) is 10.4. The predicted molar refractivity (Wildman–Crippen MR) is 131 cm³/mol. The first-order valence-electron chi connectivity index (χ1n) is 10.3. The van der Waals surface area contributed by atoms with Gasteiger partial charge < -0.3 is 9.64 Å². The second-order valence-electron chi connectivity index (χ2n) is 7.78. The van der Waals surface area contributed by atoms with Gasteiger partial charge in [-0.25, -0.2) is 8.42 Å². The zero-order chi connectivity index (χ0) is 24.2. The number of ether oxygens (including phenoxy) is 1. The molecule has 3 rings (SSSR count). The standard InChI is InChI=1S/C25H27ClN2O4S/c1-18-10-11-21(14-19(18)2)27(3)25(29)17-28(16-20-8-6-5-7-9-20)33(30,31)22-12-13-24(32-4)23(26)15-22/h5-15H,16-17H2,1-4H3. The molecule has 0 radical (unpaired) electrons. The van der Waals surface area contributed by atoms with Gasteiger partial charge in [-0.1, -0.05) is 48.0 Å². The van der Waals surface area contributed by atoms with Crippen LogP contribution in [0.3, 0.4) is 0 Å². The molecule has 0 fully saturated rings. The SMILES string of the molecule is COc1ccc(S(=O)(=O)N(CC(=O)N(C)c2ccc(C)c(C)c2)Cc2ccccc2)cc1Cl. The van der Waals surface area contributed by atoms with Crippen LogP contribution < -0.4 is 9.64 Å². The predicted octanol–water partition coefficient (Wildman–Crippen LogP) is 4.82. The Morgan fingerprint density at radius 2 is 1.67 bits per heavy atom. The van der Waals surface area contributed by atoms with Crippen molar-refractivity contribution in [3.63, 3.8) is 0 Å². The van der Waals surface area contributed by atoms with Crippen molar-refractivity contribution in [2.75, 3.05) is 25.6 Å². The van der Waals surface area contributed by atoms with E-state index in [1.165, 1.54) is 34.5 Å². The van der Waals surface area contributed by atoms with Crippen molar-refractivity contribution in [1.82, 2.24) is 4.31 Å². The molecule has 0 bridgehead atoms. The van der Waals surface area contributed by atoms with Crippen LogP contribution in [0.1, 0.15) is 16.7 Å². The fraction of sp³-hybridized carbons (Fsp3) is 0.240. The average Bonchev–Trinajstić information content (AvgIpc) is 2.80. The molecular weight excluding hydrogens is 460 g/mol. The molecule has 0 spiro atoms. The first-order valence-corrected chi connectivity index (χ1v) is 12.2. The minimum absolute atomic E-state index is 0.00846. The maximum Gasteiger partial charge on any atom is 0.243 e. The van der Waals surface area contributed by atoms with Crippen molar-refractivity contribution in [1.29, 1.82) is 0 Å². The van der Waals surface area contributed by atoms with Crippen molar-refractivity contribution >= 4 is 33.2 Å². The summed E-state index contributed by atoms with van der Waals surface area (Å²) in [7, 11) is -0.927. The molecule has 174 valence electrons. The number of nitrogens with zero attached hydrogens (tertiary/aromatic N) is 2. The Morgan fingerprint density at radius 1 is 0.970 bits per heavy atom. The summed E-state index contributed by atoms with van der Waals surface area (Å²) >= 11 is 6.18. The molecular formula is C25H27ClN2O4S. The quantitative estimate of drug-likeness (QED) is 0.458. The Balaban J connectivity index is 1.94. The lowest BCUT2D eigenvalue weighted by Crippen LogP contribution is -2.41. The Labute approximate surface area is 200 Å². The number of methoxy groups -OCH3 is 1. The summed E-state index contributed by atoms with van der Waals surface area (Å²) in [4.78, 5) is 14.6. The third-order valence-corrected chi connectivity index (χ3v) is 7.61. The number of anilines is 1. The number of hydrogen-bond donors (Lipinski definition) is 0. The number of amides is 1. The normalized spacial score (nSPS) is 11.5. The molecule has 0 aliphatic carbocycles. The highest BCUT2D eigenvalue weighted by molar-refractivity contribution is 7.89. The molecule has 3 aromatic rings. The van der Waals surface area contributed by atoms with Crippen LogP contribution in [0.25, 0.3) is 0 Å². The third kappa shape index (κ3) is 5.74. The van der Waals surface area contributed by atoms with Gasteiger partial charge in [0.25, 0.3) is 0 Å². The first-order chi connectivity index (χ1) is 15.6. The molecule has 0 atom stereocenters. The van der Waals surface area contributed by atoms with Gasteiger partial charge in [-0.3, -0.25) is 4.79 Å². The molecule has 0 aliphatic heterocycles. The van der Waals surface area contributed by atoms with E-state index in [0.717, 1.165) is 16.7 Å². The largest absolute Gasteiger partial charge is 0.495 e. The van der Waals surface area contributed by atoms with E-state index < -0.39 is 10.0 Å². The van der Waals surface area contributed by atoms with Crippen LogP contribution in [-0.4, -0.2) is 39.3 Å². The molecule has 0 aromatic heterocycles. The summed E-state index contributed by atoms with van der Waals surface area (Å²) in [6.45, 7) is 3.68. The number of carbonyl (C=O) groups excluding carboxylic acids is 1. The summed E-state index contributed by atoms with van der Waals surface area (Å²) in [5, 5.41) is 0.178. The number of hydrogen-bond acceptors (Lipinski definition) is 4. The van der Waals surface area contributed by atoms with Crippen LogP contribution in [0.4, 0.5) is 5.69 Å². The van der Waals surface area contributed by atoms with Crippen LogP contribution in [0.2, 0.25) is 5.02 Å². The Kier molecular flexibility index (Phi) is 7.79. The van der Waals surface area contributed by atoms with Gasteiger partial charge in [-0.2, -0.15) is 4.31 Å².